The van der Waals surface area contributed by atoms with E-state index < -0.39 is 0 Å². The van der Waals surface area contributed by atoms with Crippen LogP contribution in [0.1, 0.15) is 29.7 Å². The fraction of sp³-hybridized carbons (Fsp3) is 0.412. The minimum absolute atomic E-state index is 0.357. The minimum Gasteiger partial charge on any atom is -0.295 e. The van der Waals surface area contributed by atoms with Crippen LogP contribution in [0.25, 0.3) is 10.1 Å². The van der Waals surface area contributed by atoms with Crippen LogP contribution < -0.4 is 0 Å². The summed E-state index contributed by atoms with van der Waals surface area (Å²) in [6.45, 7) is 2.46. The molecule has 0 spiro atoms. The zero-order chi connectivity index (χ0) is 12.4. The van der Waals surface area contributed by atoms with Crippen LogP contribution in [-0.4, -0.2) is 17.5 Å². The molecule has 96 valence electrons. The van der Waals surface area contributed by atoms with E-state index in [4.69, 9.17) is 0 Å². The quantitative estimate of drug-likeness (QED) is 0.650. The van der Waals surface area contributed by atoms with Gasteiger partial charge >= 0.3 is 0 Å². The molecule has 1 saturated heterocycles. The molecule has 3 atom stereocenters. The van der Waals surface area contributed by atoms with Gasteiger partial charge in [0, 0.05) is 34.1 Å². The van der Waals surface area contributed by atoms with Gasteiger partial charge in [0.15, 0.2) is 0 Å². The van der Waals surface area contributed by atoms with E-state index in [1.165, 1.54) is 42.4 Å². The molecule has 1 fully saturated rings. The van der Waals surface area contributed by atoms with Crippen LogP contribution in [-0.2, 0) is 12.0 Å². The fourth-order valence-electron chi connectivity index (χ4n) is 4.52. The van der Waals surface area contributed by atoms with Crippen LogP contribution in [0.15, 0.2) is 36.4 Å². The number of hydrogen-bond donors (Lipinski definition) is 0. The van der Waals surface area contributed by atoms with E-state index in [1.807, 2.05) is 0 Å². The average molecular weight is 267 g/mol. The SMILES string of the molecule is C1=C[C@]23CCN(Cc4c2sc2ccccc42)[C@H]3CC1. The summed E-state index contributed by atoms with van der Waals surface area (Å²) in [5, 5.41) is 1.51. The summed E-state index contributed by atoms with van der Waals surface area (Å²) < 4.78 is 1.48. The first-order valence-electron chi connectivity index (χ1n) is 7.31. The molecule has 2 bridgehead atoms. The molecular weight excluding hydrogens is 250 g/mol. The van der Waals surface area contributed by atoms with Crippen molar-refractivity contribution in [3.8, 4) is 0 Å². The van der Waals surface area contributed by atoms with Gasteiger partial charge in [-0.25, -0.2) is 0 Å². The molecule has 1 aromatic carbocycles. The Morgan fingerprint density at radius 1 is 1.26 bits per heavy atom. The van der Waals surface area contributed by atoms with Crippen molar-refractivity contribution < 1.29 is 0 Å². The van der Waals surface area contributed by atoms with Crippen molar-refractivity contribution in [1.82, 2.24) is 4.90 Å². The van der Waals surface area contributed by atoms with Crippen LogP contribution in [0.4, 0.5) is 0 Å². The first kappa shape index (κ1) is 10.6. The third-order valence-electron chi connectivity index (χ3n) is 5.35. The average Bonchev–Trinajstić information content (AvgIpc) is 2.97. The predicted octanol–water partition coefficient (Wildman–Crippen LogP) is 4.08. The van der Waals surface area contributed by atoms with Gasteiger partial charge < -0.3 is 0 Å². The van der Waals surface area contributed by atoms with E-state index in [0.29, 0.717) is 5.41 Å². The summed E-state index contributed by atoms with van der Waals surface area (Å²) in [7, 11) is 0. The maximum Gasteiger partial charge on any atom is 0.0397 e. The van der Waals surface area contributed by atoms with Crippen molar-refractivity contribution in [1.29, 1.82) is 0 Å². The molecule has 3 heterocycles. The van der Waals surface area contributed by atoms with Gasteiger partial charge in [0.1, 0.15) is 0 Å². The maximum atomic E-state index is 2.74. The van der Waals surface area contributed by atoms with Crippen LogP contribution in [0.2, 0.25) is 0 Å². The molecule has 1 nitrogen and oxygen atoms in total. The molecule has 2 heteroatoms. The van der Waals surface area contributed by atoms with Crippen molar-refractivity contribution in [2.75, 3.05) is 6.54 Å². The van der Waals surface area contributed by atoms with E-state index >= 15 is 0 Å². The number of thiophene rings is 1. The second-order valence-corrected chi connectivity index (χ2v) is 7.21. The van der Waals surface area contributed by atoms with Gasteiger partial charge in [-0.1, -0.05) is 30.4 Å². The molecule has 1 aliphatic carbocycles. The van der Waals surface area contributed by atoms with Crippen molar-refractivity contribution >= 4 is 21.4 Å². The van der Waals surface area contributed by atoms with Gasteiger partial charge in [0.2, 0.25) is 0 Å². The topological polar surface area (TPSA) is 3.24 Å². The van der Waals surface area contributed by atoms with Gasteiger partial charge in [0.05, 0.1) is 0 Å². The normalized spacial score (nSPS) is 35.4. The summed E-state index contributed by atoms with van der Waals surface area (Å²) in [6, 6.07) is 9.74. The highest BCUT2D eigenvalue weighted by Gasteiger charge is 2.52. The number of nitrogens with zero attached hydrogens (tertiary/aromatic N) is 1. The molecule has 2 aromatic rings. The molecular formula is C17H17NS. The zero-order valence-electron chi connectivity index (χ0n) is 10.9. The van der Waals surface area contributed by atoms with E-state index in [1.54, 1.807) is 10.4 Å². The molecule has 3 aliphatic rings. The first-order chi connectivity index (χ1) is 9.38. The Labute approximate surface area is 117 Å². The van der Waals surface area contributed by atoms with E-state index in [-0.39, 0.29) is 0 Å². The van der Waals surface area contributed by atoms with Gasteiger partial charge in [-0.3, -0.25) is 4.90 Å². The number of allylic oxidation sites excluding steroid dienone is 1. The third kappa shape index (κ3) is 1.20. The summed E-state index contributed by atoms with van der Waals surface area (Å²) in [4.78, 5) is 4.42. The molecule has 19 heavy (non-hydrogen) atoms. The highest BCUT2D eigenvalue weighted by atomic mass is 32.1. The number of rotatable bonds is 0. The lowest BCUT2D eigenvalue weighted by Gasteiger charge is -2.42. The van der Waals surface area contributed by atoms with E-state index in [0.717, 1.165) is 6.04 Å². The Balaban J connectivity index is 1.86. The Hall–Kier alpha value is -1.12. The highest BCUT2D eigenvalue weighted by molar-refractivity contribution is 7.19. The Morgan fingerprint density at radius 3 is 3.21 bits per heavy atom. The van der Waals surface area contributed by atoms with Crippen molar-refractivity contribution in [3.05, 3.63) is 46.9 Å². The molecule has 0 radical (unpaired) electrons. The lowest BCUT2D eigenvalue weighted by Crippen LogP contribution is -2.46. The lowest BCUT2D eigenvalue weighted by atomic mass is 9.71. The zero-order valence-corrected chi connectivity index (χ0v) is 11.7. The van der Waals surface area contributed by atoms with Gasteiger partial charge in [-0.2, -0.15) is 0 Å². The standard InChI is InChI=1S/C17H17NS/c1-2-6-14-12(5-1)13-11-18-10-9-17(16(13)19-14)8-4-3-7-15(17)18/h1-2,4-6,8,15H,3,7,9-11H2/t15-,17+/m0/s1. The fourth-order valence-corrected chi connectivity index (χ4v) is 5.99. The lowest BCUT2D eigenvalue weighted by molar-refractivity contribution is 0.186. The number of hydrogen-bond acceptors (Lipinski definition) is 2. The minimum atomic E-state index is 0.357. The molecule has 0 amide bonds. The second kappa shape index (κ2) is 3.50. The Bertz CT molecular complexity index is 698. The van der Waals surface area contributed by atoms with Crippen molar-refractivity contribution in [2.24, 2.45) is 0 Å². The van der Waals surface area contributed by atoms with Crippen LogP contribution in [0.5, 0.6) is 0 Å². The molecule has 0 saturated carbocycles. The maximum absolute atomic E-state index is 2.74. The summed E-state index contributed by atoms with van der Waals surface area (Å²) in [5.74, 6) is 0. The molecule has 1 aromatic heterocycles. The highest BCUT2D eigenvalue weighted by Crippen LogP contribution is 2.54. The van der Waals surface area contributed by atoms with Gasteiger partial charge in [-0.15, -0.1) is 11.3 Å². The Kier molecular flexibility index (Phi) is 1.96. The Morgan fingerprint density at radius 2 is 2.21 bits per heavy atom. The summed E-state index contributed by atoms with van der Waals surface area (Å²) >= 11 is 2.06. The van der Waals surface area contributed by atoms with Gasteiger partial charge in [-0.05, 0) is 36.3 Å². The first-order valence-corrected chi connectivity index (χ1v) is 8.13. The monoisotopic (exact) mass is 267 g/mol. The van der Waals surface area contributed by atoms with Crippen molar-refractivity contribution in [2.45, 2.75) is 37.3 Å². The molecule has 1 unspecified atom stereocenters. The molecule has 2 aliphatic heterocycles. The van der Waals surface area contributed by atoms with Crippen LogP contribution >= 0.6 is 11.3 Å². The van der Waals surface area contributed by atoms with Crippen LogP contribution in [0.3, 0.4) is 0 Å². The van der Waals surface area contributed by atoms with Crippen molar-refractivity contribution in [3.63, 3.8) is 0 Å². The molecule has 0 N–H and O–H groups in total. The number of fused-ring (bicyclic) bond motifs is 3. The smallest absolute Gasteiger partial charge is 0.0397 e. The largest absolute Gasteiger partial charge is 0.295 e. The van der Waals surface area contributed by atoms with Crippen LogP contribution in [0, 0.1) is 0 Å². The number of benzene rings is 1. The van der Waals surface area contributed by atoms with E-state index in [9.17, 15) is 0 Å². The summed E-state index contributed by atoms with van der Waals surface area (Å²) in [6.07, 6.45) is 8.93. The third-order valence-corrected chi connectivity index (χ3v) is 6.76. The molecule has 5 rings (SSSR count). The van der Waals surface area contributed by atoms with E-state index in [2.05, 4.69) is 52.7 Å². The van der Waals surface area contributed by atoms with Gasteiger partial charge in [0.25, 0.3) is 0 Å². The predicted molar refractivity (Wildman–Crippen MR) is 80.7 cm³/mol. The second-order valence-electron chi connectivity index (χ2n) is 6.16. The summed E-state index contributed by atoms with van der Waals surface area (Å²) in [5.41, 5.74) is 1.98.